The summed E-state index contributed by atoms with van der Waals surface area (Å²) >= 11 is 0. The van der Waals surface area contributed by atoms with Crippen LogP contribution in [0.15, 0.2) is 18.5 Å². The summed E-state index contributed by atoms with van der Waals surface area (Å²) in [6, 6.07) is 1.76. The molecule has 2 heterocycles. The van der Waals surface area contributed by atoms with Gasteiger partial charge in [0.2, 0.25) is 0 Å². The SMILES string of the molecule is CCNc1ccncc1C(=O)N1CCCC1CO. The Kier molecular flexibility index (Phi) is 4.15. The van der Waals surface area contributed by atoms with Crippen molar-refractivity contribution in [2.24, 2.45) is 0 Å². The standard InChI is InChI=1S/C13H19N3O2/c1-2-15-12-5-6-14-8-11(12)13(18)16-7-3-4-10(16)9-17/h5-6,8,10,17H,2-4,7,9H2,1H3,(H,14,15). The Morgan fingerprint density at radius 1 is 1.67 bits per heavy atom. The maximum Gasteiger partial charge on any atom is 0.257 e. The number of aliphatic hydroxyl groups excluding tert-OH is 1. The van der Waals surface area contributed by atoms with E-state index < -0.39 is 0 Å². The van der Waals surface area contributed by atoms with Crippen LogP contribution in [0, 0.1) is 0 Å². The van der Waals surface area contributed by atoms with Gasteiger partial charge in [-0.05, 0) is 25.8 Å². The van der Waals surface area contributed by atoms with Crippen LogP contribution in [-0.2, 0) is 0 Å². The van der Waals surface area contributed by atoms with E-state index in [2.05, 4.69) is 10.3 Å². The predicted molar refractivity (Wildman–Crippen MR) is 69.5 cm³/mol. The highest BCUT2D eigenvalue weighted by molar-refractivity contribution is 5.99. The molecule has 1 aromatic rings. The van der Waals surface area contributed by atoms with Gasteiger partial charge in [-0.25, -0.2) is 0 Å². The molecule has 1 unspecified atom stereocenters. The topological polar surface area (TPSA) is 65.5 Å². The summed E-state index contributed by atoms with van der Waals surface area (Å²) in [6.07, 6.45) is 5.09. The number of likely N-dealkylation sites (tertiary alicyclic amines) is 1. The molecule has 1 saturated heterocycles. The molecule has 1 aromatic heterocycles. The van der Waals surface area contributed by atoms with Crippen molar-refractivity contribution in [3.8, 4) is 0 Å². The molecule has 1 aliphatic heterocycles. The second kappa shape index (κ2) is 5.82. The van der Waals surface area contributed by atoms with E-state index >= 15 is 0 Å². The third-order valence-corrected chi connectivity index (χ3v) is 3.27. The molecule has 0 radical (unpaired) electrons. The van der Waals surface area contributed by atoms with Gasteiger partial charge in [0.05, 0.1) is 23.9 Å². The number of nitrogens with one attached hydrogen (secondary N) is 1. The van der Waals surface area contributed by atoms with E-state index in [1.54, 1.807) is 23.4 Å². The largest absolute Gasteiger partial charge is 0.394 e. The molecule has 1 amide bonds. The van der Waals surface area contributed by atoms with E-state index in [0.717, 1.165) is 25.1 Å². The molecule has 0 bridgehead atoms. The number of aliphatic hydroxyl groups is 1. The molecule has 5 nitrogen and oxygen atoms in total. The highest BCUT2D eigenvalue weighted by Gasteiger charge is 2.29. The number of anilines is 1. The van der Waals surface area contributed by atoms with E-state index in [9.17, 15) is 9.90 Å². The van der Waals surface area contributed by atoms with Crippen LogP contribution in [0.3, 0.4) is 0 Å². The molecule has 1 aliphatic rings. The van der Waals surface area contributed by atoms with Crippen molar-refractivity contribution >= 4 is 11.6 Å². The molecule has 2 rings (SSSR count). The molecule has 5 heteroatoms. The smallest absolute Gasteiger partial charge is 0.257 e. The minimum absolute atomic E-state index is 0.0303. The number of aromatic nitrogens is 1. The fourth-order valence-electron chi connectivity index (χ4n) is 2.36. The summed E-state index contributed by atoms with van der Waals surface area (Å²) in [7, 11) is 0. The zero-order valence-corrected chi connectivity index (χ0v) is 10.6. The van der Waals surface area contributed by atoms with Crippen molar-refractivity contribution in [1.29, 1.82) is 0 Å². The van der Waals surface area contributed by atoms with Crippen LogP contribution < -0.4 is 5.32 Å². The van der Waals surface area contributed by atoms with Gasteiger partial charge in [0.15, 0.2) is 0 Å². The Bertz CT molecular complexity index is 422. The summed E-state index contributed by atoms with van der Waals surface area (Å²) in [5.74, 6) is -0.0457. The van der Waals surface area contributed by atoms with Crippen LogP contribution in [0.25, 0.3) is 0 Å². The van der Waals surface area contributed by atoms with Crippen molar-refractivity contribution < 1.29 is 9.90 Å². The minimum atomic E-state index is -0.0489. The van der Waals surface area contributed by atoms with Crippen LogP contribution in [0.5, 0.6) is 0 Å². The molecule has 2 N–H and O–H groups in total. The molecule has 98 valence electrons. The van der Waals surface area contributed by atoms with Gasteiger partial charge in [-0.15, -0.1) is 0 Å². The lowest BCUT2D eigenvalue weighted by molar-refractivity contribution is 0.0678. The van der Waals surface area contributed by atoms with Crippen LogP contribution in [0.4, 0.5) is 5.69 Å². The first-order valence-corrected chi connectivity index (χ1v) is 6.37. The Balaban J connectivity index is 2.22. The van der Waals surface area contributed by atoms with Gasteiger partial charge in [-0.1, -0.05) is 0 Å². The Hall–Kier alpha value is -1.62. The first-order valence-electron chi connectivity index (χ1n) is 6.37. The molecule has 1 atom stereocenters. The molecule has 0 aromatic carbocycles. The summed E-state index contributed by atoms with van der Waals surface area (Å²) < 4.78 is 0. The first kappa shape index (κ1) is 12.8. The maximum absolute atomic E-state index is 12.4. The van der Waals surface area contributed by atoms with E-state index in [-0.39, 0.29) is 18.6 Å². The van der Waals surface area contributed by atoms with E-state index in [4.69, 9.17) is 0 Å². The normalized spacial score (nSPS) is 19.0. The molecular weight excluding hydrogens is 230 g/mol. The van der Waals surface area contributed by atoms with Crippen molar-refractivity contribution in [3.05, 3.63) is 24.0 Å². The molecule has 0 saturated carbocycles. The van der Waals surface area contributed by atoms with Gasteiger partial charge in [-0.3, -0.25) is 9.78 Å². The van der Waals surface area contributed by atoms with E-state index in [1.165, 1.54) is 0 Å². The predicted octanol–water partition coefficient (Wildman–Crippen LogP) is 1.11. The quantitative estimate of drug-likeness (QED) is 0.839. The fourth-order valence-corrected chi connectivity index (χ4v) is 2.36. The van der Waals surface area contributed by atoms with Gasteiger partial charge >= 0.3 is 0 Å². The highest BCUT2D eigenvalue weighted by Crippen LogP contribution is 2.22. The van der Waals surface area contributed by atoms with Crippen LogP contribution in [-0.4, -0.2) is 46.6 Å². The Morgan fingerprint density at radius 3 is 3.22 bits per heavy atom. The Morgan fingerprint density at radius 2 is 2.50 bits per heavy atom. The minimum Gasteiger partial charge on any atom is -0.394 e. The van der Waals surface area contributed by atoms with Gasteiger partial charge in [-0.2, -0.15) is 0 Å². The third kappa shape index (κ3) is 2.46. The number of amides is 1. The average Bonchev–Trinajstić information content (AvgIpc) is 2.87. The third-order valence-electron chi connectivity index (χ3n) is 3.27. The number of hydrogen-bond acceptors (Lipinski definition) is 4. The van der Waals surface area contributed by atoms with Crippen molar-refractivity contribution in [2.75, 3.05) is 25.0 Å². The number of pyridine rings is 1. The number of hydrogen-bond donors (Lipinski definition) is 2. The van der Waals surface area contributed by atoms with Gasteiger partial charge in [0, 0.05) is 25.5 Å². The molecule has 1 fully saturated rings. The van der Waals surface area contributed by atoms with Gasteiger partial charge in [0.25, 0.3) is 5.91 Å². The second-order valence-electron chi connectivity index (χ2n) is 4.43. The lowest BCUT2D eigenvalue weighted by Crippen LogP contribution is -2.38. The van der Waals surface area contributed by atoms with E-state index in [1.807, 2.05) is 6.92 Å². The van der Waals surface area contributed by atoms with Crippen LogP contribution >= 0.6 is 0 Å². The Labute approximate surface area is 107 Å². The lowest BCUT2D eigenvalue weighted by atomic mass is 10.2. The van der Waals surface area contributed by atoms with Crippen molar-refractivity contribution in [2.45, 2.75) is 25.8 Å². The van der Waals surface area contributed by atoms with Gasteiger partial charge < -0.3 is 15.3 Å². The molecule has 0 aliphatic carbocycles. The summed E-state index contributed by atoms with van der Waals surface area (Å²) in [6.45, 7) is 3.49. The van der Waals surface area contributed by atoms with Crippen molar-refractivity contribution in [1.82, 2.24) is 9.88 Å². The fraction of sp³-hybridized carbons (Fsp3) is 0.538. The molecule has 18 heavy (non-hydrogen) atoms. The zero-order chi connectivity index (χ0) is 13.0. The molecule has 0 spiro atoms. The second-order valence-corrected chi connectivity index (χ2v) is 4.43. The van der Waals surface area contributed by atoms with E-state index in [0.29, 0.717) is 12.1 Å². The number of carbonyl (C=O) groups is 1. The maximum atomic E-state index is 12.4. The number of carbonyl (C=O) groups excluding carboxylic acids is 1. The number of rotatable bonds is 4. The zero-order valence-electron chi connectivity index (χ0n) is 10.6. The summed E-state index contributed by atoms with van der Waals surface area (Å²) in [5, 5.41) is 12.4. The highest BCUT2D eigenvalue weighted by atomic mass is 16.3. The van der Waals surface area contributed by atoms with Gasteiger partial charge in [0.1, 0.15) is 0 Å². The van der Waals surface area contributed by atoms with Crippen molar-refractivity contribution in [3.63, 3.8) is 0 Å². The summed E-state index contributed by atoms with van der Waals surface area (Å²) in [4.78, 5) is 18.2. The van der Waals surface area contributed by atoms with Crippen LogP contribution in [0.2, 0.25) is 0 Å². The summed E-state index contributed by atoms with van der Waals surface area (Å²) in [5.41, 5.74) is 1.39. The first-order chi connectivity index (χ1) is 8.77. The average molecular weight is 249 g/mol. The van der Waals surface area contributed by atoms with Crippen LogP contribution in [0.1, 0.15) is 30.1 Å². The molecular formula is C13H19N3O2. The number of nitrogens with zero attached hydrogens (tertiary/aromatic N) is 2. The monoisotopic (exact) mass is 249 g/mol. The lowest BCUT2D eigenvalue weighted by Gasteiger charge is -2.24.